The summed E-state index contributed by atoms with van der Waals surface area (Å²) in [5.74, 6) is -0.719. The highest BCUT2D eigenvalue weighted by Gasteiger charge is 2.27. The summed E-state index contributed by atoms with van der Waals surface area (Å²) in [5, 5.41) is 11.0. The van der Waals surface area contributed by atoms with Crippen LogP contribution in [0, 0.1) is 10.1 Å². The first-order valence-electron chi connectivity index (χ1n) is 4.82. The highest BCUT2D eigenvalue weighted by molar-refractivity contribution is 5.76. The zero-order valence-corrected chi connectivity index (χ0v) is 10.1. The zero-order valence-electron chi connectivity index (χ0n) is 10.1. The van der Waals surface area contributed by atoms with Crippen LogP contribution < -0.4 is 9.64 Å². The summed E-state index contributed by atoms with van der Waals surface area (Å²) in [6.07, 6.45) is 1.12. The number of nitro groups is 1. The molecule has 0 aromatic carbocycles. The number of ether oxygens (including phenoxy) is 2. The Labute approximate surface area is 102 Å². The Kier molecular flexibility index (Phi) is 4.35. The molecule has 98 valence electrons. The van der Waals surface area contributed by atoms with Crippen molar-refractivity contribution < 1.29 is 19.2 Å². The summed E-state index contributed by atoms with van der Waals surface area (Å²) < 4.78 is 9.27. The first kappa shape index (κ1) is 13.6. The van der Waals surface area contributed by atoms with E-state index >= 15 is 0 Å². The highest BCUT2D eigenvalue weighted by Crippen LogP contribution is 2.32. The Morgan fingerprint density at radius 2 is 2.17 bits per heavy atom. The first-order chi connectivity index (χ1) is 8.51. The SMILES string of the molecule is COC(=O)CN(C)c1ncnc(OC)c1[N+](=O)[O-]. The summed E-state index contributed by atoms with van der Waals surface area (Å²) in [6, 6.07) is 0. The van der Waals surface area contributed by atoms with Gasteiger partial charge in [0, 0.05) is 7.05 Å². The van der Waals surface area contributed by atoms with Gasteiger partial charge in [-0.15, -0.1) is 0 Å². The molecule has 0 bridgehead atoms. The number of anilines is 1. The third kappa shape index (κ3) is 2.81. The zero-order chi connectivity index (χ0) is 13.7. The van der Waals surface area contributed by atoms with Crippen molar-refractivity contribution >= 4 is 17.5 Å². The number of carbonyl (C=O) groups is 1. The minimum atomic E-state index is -0.665. The number of esters is 1. The van der Waals surface area contributed by atoms with Crippen molar-refractivity contribution in [3.05, 3.63) is 16.4 Å². The molecule has 0 atom stereocenters. The van der Waals surface area contributed by atoms with Crippen LogP contribution in [-0.2, 0) is 9.53 Å². The van der Waals surface area contributed by atoms with E-state index in [4.69, 9.17) is 4.74 Å². The maximum Gasteiger partial charge on any atom is 0.372 e. The van der Waals surface area contributed by atoms with Crippen LogP contribution in [0.15, 0.2) is 6.33 Å². The fraction of sp³-hybridized carbons (Fsp3) is 0.444. The number of nitrogens with zero attached hydrogens (tertiary/aromatic N) is 4. The van der Waals surface area contributed by atoms with Gasteiger partial charge in [0.15, 0.2) is 0 Å². The Morgan fingerprint density at radius 1 is 1.50 bits per heavy atom. The molecular formula is C9H12N4O5. The normalized spacial score (nSPS) is 9.72. The van der Waals surface area contributed by atoms with E-state index in [1.54, 1.807) is 0 Å². The molecule has 1 rings (SSSR count). The van der Waals surface area contributed by atoms with E-state index in [9.17, 15) is 14.9 Å². The van der Waals surface area contributed by atoms with Crippen molar-refractivity contribution in [2.45, 2.75) is 0 Å². The Balaban J connectivity index is 3.15. The van der Waals surface area contributed by atoms with Crippen molar-refractivity contribution in [1.82, 2.24) is 9.97 Å². The summed E-state index contributed by atoms with van der Waals surface area (Å²) in [4.78, 5) is 30.1. The molecule has 0 unspecified atom stereocenters. The lowest BCUT2D eigenvalue weighted by molar-refractivity contribution is -0.385. The number of hydrogen-bond acceptors (Lipinski definition) is 8. The average molecular weight is 256 g/mol. The molecule has 1 aromatic heterocycles. The van der Waals surface area contributed by atoms with E-state index in [1.165, 1.54) is 26.2 Å². The summed E-state index contributed by atoms with van der Waals surface area (Å²) >= 11 is 0. The van der Waals surface area contributed by atoms with Gasteiger partial charge in [0.05, 0.1) is 19.1 Å². The smallest absolute Gasteiger partial charge is 0.372 e. The standard InChI is InChI=1S/C9H12N4O5/c1-12(4-6(14)17-2)8-7(13(15)16)9(18-3)11-5-10-8/h5H,4H2,1-3H3. The lowest BCUT2D eigenvalue weighted by atomic mass is 10.4. The lowest BCUT2D eigenvalue weighted by Crippen LogP contribution is -2.28. The molecule has 0 N–H and O–H groups in total. The summed E-state index contributed by atoms with van der Waals surface area (Å²) in [7, 11) is 3.97. The van der Waals surface area contributed by atoms with E-state index < -0.39 is 16.6 Å². The molecule has 0 amide bonds. The molecule has 18 heavy (non-hydrogen) atoms. The van der Waals surface area contributed by atoms with Gasteiger partial charge in [-0.25, -0.2) is 4.98 Å². The minimum absolute atomic E-state index is 0.0164. The van der Waals surface area contributed by atoms with Crippen LogP contribution in [0.25, 0.3) is 0 Å². The van der Waals surface area contributed by atoms with Crippen LogP contribution in [0.5, 0.6) is 5.88 Å². The van der Waals surface area contributed by atoms with Gasteiger partial charge in [-0.1, -0.05) is 0 Å². The van der Waals surface area contributed by atoms with Gasteiger partial charge in [0.1, 0.15) is 12.9 Å². The van der Waals surface area contributed by atoms with Gasteiger partial charge in [0.25, 0.3) is 5.88 Å². The molecule has 0 aliphatic rings. The van der Waals surface area contributed by atoms with Crippen LogP contribution in [0.2, 0.25) is 0 Å². The maximum absolute atomic E-state index is 11.1. The topological polar surface area (TPSA) is 108 Å². The average Bonchev–Trinajstić information content (AvgIpc) is 2.37. The second kappa shape index (κ2) is 5.75. The quantitative estimate of drug-likeness (QED) is 0.411. The number of aromatic nitrogens is 2. The second-order valence-electron chi connectivity index (χ2n) is 3.24. The van der Waals surface area contributed by atoms with Gasteiger partial charge in [0.2, 0.25) is 5.82 Å². The molecule has 1 heterocycles. The van der Waals surface area contributed by atoms with Crippen molar-refractivity contribution in [2.24, 2.45) is 0 Å². The van der Waals surface area contributed by atoms with Crippen molar-refractivity contribution in [1.29, 1.82) is 0 Å². The fourth-order valence-electron chi connectivity index (χ4n) is 1.28. The lowest BCUT2D eigenvalue weighted by Gasteiger charge is -2.16. The predicted molar refractivity (Wildman–Crippen MR) is 60.5 cm³/mol. The monoisotopic (exact) mass is 256 g/mol. The second-order valence-corrected chi connectivity index (χ2v) is 3.24. The van der Waals surface area contributed by atoms with E-state index in [0.717, 1.165) is 6.33 Å². The third-order valence-electron chi connectivity index (χ3n) is 2.10. The molecule has 0 saturated heterocycles. The van der Waals surface area contributed by atoms with Crippen LogP contribution in [0.4, 0.5) is 11.5 Å². The van der Waals surface area contributed by atoms with Crippen molar-refractivity contribution in [3.63, 3.8) is 0 Å². The summed E-state index contributed by atoms with van der Waals surface area (Å²) in [5.41, 5.74) is -0.397. The Hall–Kier alpha value is -2.45. The molecule has 0 radical (unpaired) electrons. The highest BCUT2D eigenvalue weighted by atomic mass is 16.6. The number of hydrogen-bond donors (Lipinski definition) is 0. The van der Waals surface area contributed by atoms with Gasteiger partial charge in [-0.05, 0) is 0 Å². The number of rotatable bonds is 5. The molecule has 1 aromatic rings. The Bertz CT molecular complexity index is 464. The van der Waals surface area contributed by atoms with E-state index in [1.807, 2.05) is 0 Å². The van der Waals surface area contributed by atoms with Crippen LogP contribution in [0.3, 0.4) is 0 Å². The molecule has 0 aliphatic heterocycles. The summed E-state index contributed by atoms with van der Waals surface area (Å²) in [6.45, 7) is -0.169. The molecule has 9 heteroatoms. The molecule has 0 aliphatic carbocycles. The van der Waals surface area contributed by atoms with Gasteiger partial charge >= 0.3 is 11.7 Å². The maximum atomic E-state index is 11.1. The largest absolute Gasteiger partial charge is 0.476 e. The predicted octanol–water partition coefficient (Wildman–Crippen LogP) is 0.00260. The van der Waals surface area contributed by atoms with Crippen molar-refractivity contribution in [3.8, 4) is 5.88 Å². The van der Waals surface area contributed by atoms with Crippen molar-refractivity contribution in [2.75, 3.05) is 32.7 Å². The number of likely N-dealkylation sites (N-methyl/N-ethyl adjacent to an activating group) is 1. The molecule has 0 spiro atoms. The fourth-order valence-corrected chi connectivity index (χ4v) is 1.28. The molecule has 9 nitrogen and oxygen atoms in total. The first-order valence-corrected chi connectivity index (χ1v) is 4.82. The Morgan fingerprint density at radius 3 is 2.67 bits per heavy atom. The van der Waals surface area contributed by atoms with E-state index in [-0.39, 0.29) is 18.2 Å². The number of methoxy groups -OCH3 is 2. The third-order valence-corrected chi connectivity index (χ3v) is 2.10. The number of carbonyl (C=O) groups excluding carboxylic acids is 1. The van der Waals surface area contributed by atoms with Gasteiger partial charge in [-0.3, -0.25) is 14.9 Å². The van der Waals surface area contributed by atoms with Crippen LogP contribution >= 0.6 is 0 Å². The molecule has 0 saturated carbocycles. The van der Waals surface area contributed by atoms with E-state index in [0.29, 0.717) is 0 Å². The van der Waals surface area contributed by atoms with Crippen LogP contribution in [0.1, 0.15) is 0 Å². The molecule has 0 fully saturated rings. The van der Waals surface area contributed by atoms with Crippen LogP contribution in [-0.4, -0.2) is 48.7 Å². The van der Waals surface area contributed by atoms with E-state index in [2.05, 4.69) is 14.7 Å². The minimum Gasteiger partial charge on any atom is -0.476 e. The molecular weight excluding hydrogens is 244 g/mol. The van der Waals surface area contributed by atoms with Gasteiger partial charge < -0.3 is 14.4 Å². The van der Waals surface area contributed by atoms with Gasteiger partial charge in [-0.2, -0.15) is 4.98 Å².